The number of ether oxygens (including phenoxy) is 1. The summed E-state index contributed by atoms with van der Waals surface area (Å²) in [4.78, 5) is 16.1. The largest absolute Gasteiger partial charge is 0.469 e. The topological polar surface area (TPSA) is 59.4 Å². The van der Waals surface area contributed by atoms with E-state index in [9.17, 15) is 9.90 Å². The fourth-order valence-corrected chi connectivity index (χ4v) is 2.39. The molecule has 2 aromatic rings. The van der Waals surface area contributed by atoms with Gasteiger partial charge in [0.2, 0.25) is 0 Å². The molecule has 2 atom stereocenters. The van der Waals surface area contributed by atoms with Gasteiger partial charge in [-0.15, -0.1) is 0 Å². The molecule has 2 rings (SSSR count). The van der Waals surface area contributed by atoms with Crippen LogP contribution in [-0.4, -0.2) is 23.2 Å². The molecule has 1 aromatic carbocycles. The van der Waals surface area contributed by atoms with E-state index in [1.165, 1.54) is 7.11 Å². The molecule has 1 N–H and O–H groups in total. The number of carbonyl (C=O) groups excluding carboxylic acids is 1. The third kappa shape index (κ3) is 2.80. The zero-order valence-electron chi connectivity index (χ0n) is 11.9. The lowest BCUT2D eigenvalue weighted by Gasteiger charge is -2.24. The number of benzene rings is 1. The molecular formula is C16H19NO3. The van der Waals surface area contributed by atoms with Gasteiger partial charge in [0.05, 0.1) is 24.6 Å². The number of aliphatic hydroxyl groups is 1. The molecule has 0 bridgehead atoms. The van der Waals surface area contributed by atoms with E-state index in [-0.39, 0.29) is 5.92 Å². The van der Waals surface area contributed by atoms with Gasteiger partial charge in [0, 0.05) is 11.6 Å². The average Bonchev–Trinajstić information content (AvgIpc) is 2.46. The van der Waals surface area contributed by atoms with Gasteiger partial charge in [0.1, 0.15) is 0 Å². The van der Waals surface area contributed by atoms with E-state index in [1.807, 2.05) is 38.1 Å². The van der Waals surface area contributed by atoms with Gasteiger partial charge < -0.3 is 9.84 Å². The molecule has 0 aliphatic carbocycles. The highest BCUT2D eigenvalue weighted by Gasteiger charge is 2.31. The zero-order valence-corrected chi connectivity index (χ0v) is 11.9. The first kappa shape index (κ1) is 14.5. The van der Waals surface area contributed by atoms with Gasteiger partial charge in [-0.2, -0.15) is 0 Å². The third-order valence-corrected chi connectivity index (χ3v) is 3.50. The summed E-state index contributed by atoms with van der Waals surface area (Å²) in [6.07, 6.45) is 0.844. The Morgan fingerprint density at radius 1 is 1.30 bits per heavy atom. The monoisotopic (exact) mass is 273 g/mol. The molecule has 0 aliphatic rings. The van der Waals surface area contributed by atoms with Crippen LogP contribution in [0.3, 0.4) is 0 Å². The van der Waals surface area contributed by atoms with Crippen molar-refractivity contribution in [2.24, 2.45) is 11.8 Å². The third-order valence-electron chi connectivity index (χ3n) is 3.50. The van der Waals surface area contributed by atoms with Crippen LogP contribution in [0.25, 0.3) is 10.9 Å². The normalized spacial score (nSPS) is 14.2. The second kappa shape index (κ2) is 6.01. The number of rotatable bonds is 4. The van der Waals surface area contributed by atoms with Crippen LogP contribution in [0.4, 0.5) is 0 Å². The molecule has 0 saturated heterocycles. The molecule has 0 fully saturated rings. The Labute approximate surface area is 118 Å². The van der Waals surface area contributed by atoms with Crippen LogP contribution >= 0.6 is 0 Å². The second-order valence-electron chi connectivity index (χ2n) is 5.19. The number of esters is 1. The lowest BCUT2D eigenvalue weighted by molar-refractivity contribution is -0.152. The standard InChI is InChI=1S/C16H19NO3/c1-10(2)14(16(19)20-3)15(18)12-6-7-13-11(9-12)5-4-8-17-13/h4-10,14-15,18H,1-3H3. The minimum absolute atomic E-state index is 0.0120. The Bertz CT molecular complexity index is 609. The molecule has 20 heavy (non-hydrogen) atoms. The lowest BCUT2D eigenvalue weighted by Crippen LogP contribution is -2.28. The summed E-state index contributed by atoms with van der Waals surface area (Å²) >= 11 is 0. The van der Waals surface area contributed by atoms with E-state index >= 15 is 0 Å². The van der Waals surface area contributed by atoms with Crippen molar-refractivity contribution in [1.29, 1.82) is 0 Å². The summed E-state index contributed by atoms with van der Waals surface area (Å²) in [5.41, 5.74) is 1.57. The highest BCUT2D eigenvalue weighted by Crippen LogP contribution is 2.30. The Morgan fingerprint density at radius 3 is 2.70 bits per heavy atom. The van der Waals surface area contributed by atoms with Crippen LogP contribution in [0, 0.1) is 11.8 Å². The molecule has 0 amide bonds. The molecule has 4 nitrogen and oxygen atoms in total. The SMILES string of the molecule is COC(=O)C(C(C)C)C(O)c1ccc2ncccc2c1. The Balaban J connectivity index is 2.38. The van der Waals surface area contributed by atoms with Gasteiger partial charge in [0.15, 0.2) is 0 Å². The predicted molar refractivity (Wildman–Crippen MR) is 77.0 cm³/mol. The summed E-state index contributed by atoms with van der Waals surface area (Å²) < 4.78 is 4.79. The smallest absolute Gasteiger partial charge is 0.311 e. The number of methoxy groups -OCH3 is 1. The van der Waals surface area contributed by atoms with Crippen molar-refractivity contribution in [1.82, 2.24) is 4.98 Å². The van der Waals surface area contributed by atoms with Crippen molar-refractivity contribution in [2.75, 3.05) is 7.11 Å². The Morgan fingerprint density at radius 2 is 2.05 bits per heavy atom. The number of hydrogen-bond acceptors (Lipinski definition) is 4. The molecule has 0 aliphatic heterocycles. The summed E-state index contributed by atoms with van der Waals surface area (Å²) in [7, 11) is 1.34. The van der Waals surface area contributed by atoms with Crippen molar-refractivity contribution in [3.05, 3.63) is 42.1 Å². The minimum Gasteiger partial charge on any atom is -0.469 e. The van der Waals surface area contributed by atoms with E-state index in [4.69, 9.17) is 4.74 Å². The van der Waals surface area contributed by atoms with Crippen LogP contribution in [0.5, 0.6) is 0 Å². The first-order chi connectivity index (χ1) is 9.54. The summed E-state index contributed by atoms with van der Waals surface area (Å²) in [6.45, 7) is 3.79. The van der Waals surface area contributed by atoms with E-state index in [1.54, 1.807) is 12.3 Å². The number of aliphatic hydroxyl groups excluding tert-OH is 1. The van der Waals surface area contributed by atoms with Gasteiger partial charge >= 0.3 is 5.97 Å². The average molecular weight is 273 g/mol. The van der Waals surface area contributed by atoms with E-state index in [0.29, 0.717) is 5.56 Å². The van der Waals surface area contributed by atoms with Crippen molar-refractivity contribution in [3.8, 4) is 0 Å². The molecule has 106 valence electrons. The van der Waals surface area contributed by atoms with Gasteiger partial charge in [-0.05, 0) is 29.7 Å². The Kier molecular flexibility index (Phi) is 4.35. The molecule has 1 heterocycles. The van der Waals surface area contributed by atoms with E-state index < -0.39 is 18.0 Å². The molecule has 1 aromatic heterocycles. The van der Waals surface area contributed by atoms with Crippen LogP contribution in [0.15, 0.2) is 36.5 Å². The maximum absolute atomic E-state index is 11.8. The first-order valence-corrected chi connectivity index (χ1v) is 6.65. The fraction of sp³-hybridized carbons (Fsp3) is 0.375. The molecule has 0 saturated carbocycles. The zero-order chi connectivity index (χ0) is 14.7. The molecule has 2 unspecified atom stereocenters. The van der Waals surface area contributed by atoms with E-state index in [2.05, 4.69) is 4.98 Å². The van der Waals surface area contributed by atoms with Gasteiger partial charge in [-0.1, -0.05) is 26.0 Å². The summed E-state index contributed by atoms with van der Waals surface area (Å²) in [6, 6.07) is 9.30. The molecular weight excluding hydrogens is 254 g/mol. The summed E-state index contributed by atoms with van der Waals surface area (Å²) in [5, 5.41) is 11.4. The van der Waals surface area contributed by atoms with Gasteiger partial charge in [-0.3, -0.25) is 9.78 Å². The molecule has 0 spiro atoms. The molecule has 4 heteroatoms. The quantitative estimate of drug-likeness (QED) is 0.870. The van der Waals surface area contributed by atoms with Gasteiger partial charge in [-0.25, -0.2) is 0 Å². The number of aromatic nitrogens is 1. The number of hydrogen-bond donors (Lipinski definition) is 1. The van der Waals surface area contributed by atoms with Crippen LogP contribution in [-0.2, 0) is 9.53 Å². The fourth-order valence-electron chi connectivity index (χ4n) is 2.39. The number of fused-ring (bicyclic) bond motifs is 1. The predicted octanol–water partition coefficient (Wildman–Crippen LogP) is 2.71. The first-order valence-electron chi connectivity index (χ1n) is 6.65. The summed E-state index contributed by atoms with van der Waals surface area (Å²) in [5.74, 6) is -0.977. The van der Waals surface area contributed by atoms with Crippen LogP contribution in [0.1, 0.15) is 25.5 Å². The van der Waals surface area contributed by atoms with Crippen molar-refractivity contribution in [3.63, 3.8) is 0 Å². The number of nitrogens with zero attached hydrogens (tertiary/aromatic N) is 1. The second-order valence-corrected chi connectivity index (χ2v) is 5.19. The minimum atomic E-state index is -0.882. The molecule has 0 radical (unpaired) electrons. The van der Waals surface area contributed by atoms with Crippen molar-refractivity contribution >= 4 is 16.9 Å². The van der Waals surface area contributed by atoms with Crippen molar-refractivity contribution in [2.45, 2.75) is 20.0 Å². The Hall–Kier alpha value is -1.94. The van der Waals surface area contributed by atoms with Gasteiger partial charge in [0.25, 0.3) is 0 Å². The highest BCUT2D eigenvalue weighted by molar-refractivity contribution is 5.79. The number of carbonyl (C=O) groups is 1. The highest BCUT2D eigenvalue weighted by atomic mass is 16.5. The van der Waals surface area contributed by atoms with E-state index in [0.717, 1.165) is 10.9 Å². The lowest BCUT2D eigenvalue weighted by atomic mass is 9.86. The maximum atomic E-state index is 11.8. The van der Waals surface area contributed by atoms with Crippen molar-refractivity contribution < 1.29 is 14.6 Å². The van der Waals surface area contributed by atoms with Crippen LogP contribution in [0.2, 0.25) is 0 Å². The van der Waals surface area contributed by atoms with Crippen LogP contribution < -0.4 is 0 Å². The maximum Gasteiger partial charge on any atom is 0.311 e. The number of pyridine rings is 1.